The summed E-state index contributed by atoms with van der Waals surface area (Å²) in [6, 6.07) is 15.8. The van der Waals surface area contributed by atoms with Gasteiger partial charge in [-0.2, -0.15) is 0 Å². The Morgan fingerprint density at radius 1 is 1.09 bits per heavy atom. The molecule has 2 N–H and O–H groups in total. The second-order valence-corrected chi connectivity index (χ2v) is 9.79. The number of rotatable bonds is 9. The fraction of sp³-hybridized carbons (Fsp3) is 0.240. The number of ether oxygens (including phenoxy) is 2. The average molecular weight is 498 g/mol. The molecule has 3 aromatic rings. The van der Waals surface area contributed by atoms with Crippen LogP contribution in [0.3, 0.4) is 0 Å². The Balaban J connectivity index is 1.43. The van der Waals surface area contributed by atoms with E-state index in [1.807, 2.05) is 30.3 Å². The third-order valence-corrected chi connectivity index (χ3v) is 7.24. The minimum Gasteiger partial charge on any atom is -0.492 e. The van der Waals surface area contributed by atoms with Crippen LogP contribution in [0.1, 0.15) is 5.56 Å². The van der Waals surface area contributed by atoms with E-state index in [1.165, 1.54) is 30.0 Å². The molecule has 35 heavy (non-hydrogen) atoms. The topological polar surface area (TPSA) is 110 Å². The van der Waals surface area contributed by atoms with Crippen molar-refractivity contribution in [1.29, 1.82) is 0 Å². The van der Waals surface area contributed by atoms with Crippen molar-refractivity contribution >= 4 is 22.0 Å². The van der Waals surface area contributed by atoms with Gasteiger partial charge >= 0.3 is 0 Å². The molecule has 1 aliphatic rings. The van der Waals surface area contributed by atoms with Crippen molar-refractivity contribution in [2.24, 2.45) is 0 Å². The van der Waals surface area contributed by atoms with Gasteiger partial charge in [-0.25, -0.2) is 17.9 Å². The quantitative estimate of drug-likeness (QED) is 0.266. The van der Waals surface area contributed by atoms with Crippen LogP contribution in [0.2, 0.25) is 0 Å². The van der Waals surface area contributed by atoms with Crippen LogP contribution in [-0.2, 0) is 19.6 Å². The minimum absolute atomic E-state index is 0.139. The maximum atomic E-state index is 13.1. The van der Waals surface area contributed by atoms with Crippen LogP contribution in [0, 0.1) is 0 Å². The summed E-state index contributed by atoms with van der Waals surface area (Å²) in [5, 5.41) is 8.55. The van der Waals surface area contributed by atoms with Crippen LogP contribution < -0.4 is 10.2 Å². The average Bonchev–Trinajstić information content (AvgIpc) is 3.38. The van der Waals surface area contributed by atoms with E-state index in [2.05, 4.69) is 4.90 Å². The van der Waals surface area contributed by atoms with E-state index in [9.17, 15) is 13.2 Å². The molecule has 184 valence electrons. The molecule has 1 aromatic heterocycles. The SMILES string of the molecule is O=C(/C=C/c1ccn(S(=O)(=O)c2cccc(-c3ccc(OCCN4CCOCC4)cc3)c2)c1)NO. The number of amides is 1. The van der Waals surface area contributed by atoms with E-state index < -0.39 is 15.9 Å². The van der Waals surface area contributed by atoms with E-state index in [-0.39, 0.29) is 4.90 Å². The number of morpholine rings is 1. The lowest BCUT2D eigenvalue weighted by molar-refractivity contribution is -0.124. The number of benzene rings is 2. The Morgan fingerprint density at radius 3 is 2.60 bits per heavy atom. The van der Waals surface area contributed by atoms with Gasteiger partial charge in [-0.1, -0.05) is 24.3 Å². The summed E-state index contributed by atoms with van der Waals surface area (Å²) in [4.78, 5) is 13.6. The summed E-state index contributed by atoms with van der Waals surface area (Å²) in [6.07, 6.45) is 5.30. The van der Waals surface area contributed by atoms with Crippen LogP contribution in [0.15, 0.2) is 78.0 Å². The smallest absolute Gasteiger partial charge is 0.267 e. The molecule has 1 fully saturated rings. The van der Waals surface area contributed by atoms with Gasteiger partial charge in [0.15, 0.2) is 0 Å². The van der Waals surface area contributed by atoms with Crippen molar-refractivity contribution < 1.29 is 27.9 Å². The Bertz CT molecular complexity index is 1280. The lowest BCUT2D eigenvalue weighted by Crippen LogP contribution is -2.38. The van der Waals surface area contributed by atoms with Gasteiger partial charge in [0.1, 0.15) is 12.4 Å². The summed E-state index contributed by atoms with van der Waals surface area (Å²) in [6.45, 7) is 4.79. The monoisotopic (exact) mass is 497 g/mol. The molecule has 9 nitrogen and oxygen atoms in total. The summed E-state index contributed by atoms with van der Waals surface area (Å²) in [5.41, 5.74) is 3.61. The maximum Gasteiger partial charge on any atom is 0.267 e. The van der Waals surface area contributed by atoms with Crippen molar-refractivity contribution in [3.05, 3.63) is 78.6 Å². The standard InChI is InChI=1S/C25H27N3O6S/c29-25(26-30)9-4-20-10-11-28(19-20)35(31,32)24-3-1-2-22(18-24)21-5-7-23(8-6-21)34-17-14-27-12-15-33-16-13-27/h1-11,18-19,30H,12-17H2,(H,26,29)/b9-4+. The highest BCUT2D eigenvalue weighted by atomic mass is 32.2. The highest BCUT2D eigenvalue weighted by Crippen LogP contribution is 2.26. The maximum absolute atomic E-state index is 13.1. The second kappa shape index (κ2) is 11.3. The summed E-state index contributed by atoms with van der Waals surface area (Å²) in [5.74, 6) is 0.0513. The van der Waals surface area contributed by atoms with Gasteiger partial charge in [-0.15, -0.1) is 0 Å². The molecule has 1 aliphatic heterocycles. The zero-order valence-electron chi connectivity index (χ0n) is 19.0. The molecule has 2 aromatic carbocycles. The number of nitrogens with zero attached hydrogens (tertiary/aromatic N) is 2. The van der Waals surface area contributed by atoms with Gasteiger partial charge in [0.05, 0.1) is 18.1 Å². The Kier molecular flexibility index (Phi) is 7.98. The zero-order valence-corrected chi connectivity index (χ0v) is 19.9. The molecule has 2 heterocycles. The van der Waals surface area contributed by atoms with Crippen LogP contribution in [0.4, 0.5) is 0 Å². The van der Waals surface area contributed by atoms with E-state index in [1.54, 1.807) is 18.2 Å². The molecule has 0 aliphatic carbocycles. The summed E-state index contributed by atoms with van der Waals surface area (Å²) < 4.78 is 38.5. The molecule has 0 radical (unpaired) electrons. The van der Waals surface area contributed by atoms with E-state index in [0.717, 1.165) is 59.8 Å². The molecule has 1 amide bonds. The first-order valence-electron chi connectivity index (χ1n) is 11.1. The van der Waals surface area contributed by atoms with E-state index in [0.29, 0.717) is 12.2 Å². The van der Waals surface area contributed by atoms with Crippen molar-refractivity contribution in [2.45, 2.75) is 4.90 Å². The highest BCUT2D eigenvalue weighted by molar-refractivity contribution is 7.90. The predicted molar refractivity (Wildman–Crippen MR) is 131 cm³/mol. The Labute approximate surface area is 204 Å². The summed E-state index contributed by atoms with van der Waals surface area (Å²) >= 11 is 0. The third-order valence-electron chi connectivity index (χ3n) is 5.60. The van der Waals surface area contributed by atoms with E-state index >= 15 is 0 Å². The molecule has 0 atom stereocenters. The normalized spacial score (nSPS) is 14.8. The molecule has 1 saturated heterocycles. The fourth-order valence-corrected chi connectivity index (χ4v) is 4.92. The number of hydrogen-bond donors (Lipinski definition) is 2. The Hall–Kier alpha value is -3.44. The predicted octanol–water partition coefficient (Wildman–Crippen LogP) is 2.62. The number of carbonyl (C=O) groups is 1. The molecular weight excluding hydrogens is 470 g/mol. The first kappa shape index (κ1) is 24.7. The highest BCUT2D eigenvalue weighted by Gasteiger charge is 2.17. The molecule has 0 unspecified atom stereocenters. The number of hydrogen-bond acceptors (Lipinski definition) is 7. The fourth-order valence-electron chi connectivity index (χ4n) is 3.67. The zero-order chi connectivity index (χ0) is 24.7. The van der Waals surface area contributed by atoms with Crippen LogP contribution in [0.25, 0.3) is 17.2 Å². The largest absolute Gasteiger partial charge is 0.492 e. The molecule has 0 spiro atoms. The number of hydroxylamine groups is 1. The molecule has 0 bridgehead atoms. The molecule has 10 heteroatoms. The van der Waals surface area contributed by atoms with Crippen LogP contribution in [0.5, 0.6) is 5.75 Å². The van der Waals surface area contributed by atoms with Gasteiger partial charge in [0, 0.05) is 38.1 Å². The van der Waals surface area contributed by atoms with Crippen molar-refractivity contribution in [2.75, 3.05) is 39.5 Å². The Morgan fingerprint density at radius 2 is 1.86 bits per heavy atom. The van der Waals surface area contributed by atoms with E-state index in [4.69, 9.17) is 14.7 Å². The van der Waals surface area contributed by atoms with Crippen LogP contribution >= 0.6 is 0 Å². The summed E-state index contributed by atoms with van der Waals surface area (Å²) in [7, 11) is -3.83. The van der Waals surface area contributed by atoms with Crippen molar-refractivity contribution in [3.63, 3.8) is 0 Å². The first-order chi connectivity index (χ1) is 17.0. The minimum atomic E-state index is -3.83. The van der Waals surface area contributed by atoms with Crippen molar-refractivity contribution in [3.8, 4) is 16.9 Å². The second-order valence-electron chi connectivity index (χ2n) is 7.94. The lowest BCUT2D eigenvalue weighted by Gasteiger charge is -2.26. The van der Waals surface area contributed by atoms with Gasteiger partial charge in [0.2, 0.25) is 0 Å². The molecule has 4 rings (SSSR count). The van der Waals surface area contributed by atoms with Crippen LogP contribution in [-0.4, -0.2) is 67.9 Å². The van der Waals surface area contributed by atoms with Crippen molar-refractivity contribution in [1.82, 2.24) is 14.4 Å². The molecular formula is C25H27N3O6S. The van der Waals surface area contributed by atoms with Gasteiger partial charge in [-0.05, 0) is 53.1 Å². The third kappa shape index (κ3) is 6.37. The number of carbonyl (C=O) groups excluding carboxylic acids is 1. The van der Waals surface area contributed by atoms with Gasteiger partial charge in [0.25, 0.3) is 15.9 Å². The molecule has 0 saturated carbocycles. The number of aromatic nitrogens is 1. The van der Waals surface area contributed by atoms with Gasteiger partial charge in [-0.3, -0.25) is 14.9 Å². The van der Waals surface area contributed by atoms with Gasteiger partial charge < -0.3 is 9.47 Å². The lowest BCUT2D eigenvalue weighted by atomic mass is 10.1. The number of nitrogens with one attached hydrogen (secondary N) is 1. The first-order valence-corrected chi connectivity index (χ1v) is 12.6.